The highest BCUT2D eigenvalue weighted by Crippen LogP contribution is 2.37. The van der Waals surface area contributed by atoms with Gasteiger partial charge in [-0.05, 0) is 35.4 Å². The quantitative estimate of drug-likeness (QED) is 0.514. The number of rotatable bonds is 7. The molecule has 0 aliphatic carbocycles. The lowest BCUT2D eigenvalue weighted by molar-refractivity contribution is 0.284. The van der Waals surface area contributed by atoms with Crippen molar-refractivity contribution in [3.63, 3.8) is 0 Å². The van der Waals surface area contributed by atoms with Crippen molar-refractivity contribution >= 4 is 28.8 Å². The van der Waals surface area contributed by atoms with E-state index in [9.17, 15) is 4.39 Å². The number of hydrogen-bond donors (Lipinski definition) is 1. The van der Waals surface area contributed by atoms with Crippen LogP contribution in [0.4, 0.5) is 4.39 Å². The summed E-state index contributed by atoms with van der Waals surface area (Å²) in [4.78, 5) is 0.513. The van der Waals surface area contributed by atoms with E-state index >= 15 is 0 Å². The zero-order valence-electron chi connectivity index (χ0n) is 15.2. The molecule has 144 valence electrons. The first-order valence-electron chi connectivity index (χ1n) is 8.63. The third-order valence-corrected chi connectivity index (χ3v) is 4.74. The normalized spacial score (nSPS) is 10.4. The number of hydrogen-bond acceptors (Lipinski definition) is 3. The van der Waals surface area contributed by atoms with Gasteiger partial charge in [0.1, 0.15) is 17.4 Å². The highest BCUT2D eigenvalue weighted by Gasteiger charge is 2.14. The molecule has 0 saturated heterocycles. The zero-order chi connectivity index (χ0) is 19.9. The molecule has 3 nitrogen and oxygen atoms in total. The van der Waals surface area contributed by atoms with Crippen molar-refractivity contribution in [1.82, 2.24) is 5.32 Å². The maximum absolute atomic E-state index is 13.0. The molecule has 28 heavy (non-hydrogen) atoms. The largest absolute Gasteiger partial charge is 0.493 e. The van der Waals surface area contributed by atoms with Crippen LogP contribution >= 0.6 is 23.8 Å². The van der Waals surface area contributed by atoms with Gasteiger partial charge in [-0.25, -0.2) is 4.39 Å². The Balaban J connectivity index is 1.70. The monoisotopic (exact) mass is 415 g/mol. The molecule has 0 saturated carbocycles. The molecule has 0 aliphatic heterocycles. The molecular formula is C22H19ClFNO2S. The van der Waals surface area contributed by atoms with Crippen LogP contribution in [-0.2, 0) is 13.2 Å². The molecule has 3 aromatic carbocycles. The van der Waals surface area contributed by atoms with Crippen LogP contribution in [0.2, 0.25) is 5.02 Å². The third kappa shape index (κ3) is 5.21. The summed E-state index contributed by atoms with van der Waals surface area (Å²) in [5.74, 6) is 0.705. The molecule has 0 amide bonds. The molecule has 0 fully saturated rings. The molecule has 3 rings (SSSR count). The smallest absolute Gasteiger partial charge is 0.180 e. The van der Waals surface area contributed by atoms with Crippen LogP contribution in [-0.4, -0.2) is 12.1 Å². The van der Waals surface area contributed by atoms with Gasteiger partial charge in [-0.15, -0.1) is 0 Å². The number of ether oxygens (including phenoxy) is 2. The molecule has 1 N–H and O–H groups in total. The number of nitrogens with one attached hydrogen (secondary N) is 1. The fraction of sp³-hybridized carbons (Fsp3) is 0.136. The van der Waals surface area contributed by atoms with Crippen molar-refractivity contribution in [1.29, 1.82) is 0 Å². The van der Waals surface area contributed by atoms with Gasteiger partial charge in [0.05, 0.1) is 12.1 Å². The topological polar surface area (TPSA) is 30.5 Å². The van der Waals surface area contributed by atoms with E-state index < -0.39 is 0 Å². The first-order chi connectivity index (χ1) is 13.6. The maximum Gasteiger partial charge on any atom is 0.180 e. The van der Waals surface area contributed by atoms with Gasteiger partial charge in [0, 0.05) is 12.1 Å². The van der Waals surface area contributed by atoms with Gasteiger partial charge >= 0.3 is 0 Å². The predicted octanol–water partition coefficient (Wildman–Crippen LogP) is 5.53. The maximum atomic E-state index is 13.0. The number of halogens is 2. The molecule has 0 heterocycles. The Morgan fingerprint density at radius 3 is 2.43 bits per heavy atom. The van der Waals surface area contributed by atoms with Crippen molar-refractivity contribution in [2.24, 2.45) is 0 Å². The van der Waals surface area contributed by atoms with E-state index in [1.165, 1.54) is 12.1 Å². The van der Waals surface area contributed by atoms with Crippen LogP contribution in [0.5, 0.6) is 11.5 Å². The average molecular weight is 416 g/mol. The second kappa shape index (κ2) is 9.53. The van der Waals surface area contributed by atoms with E-state index in [-0.39, 0.29) is 5.82 Å². The predicted molar refractivity (Wildman–Crippen MR) is 114 cm³/mol. The Morgan fingerprint density at radius 2 is 1.75 bits per heavy atom. The minimum absolute atomic E-state index is 0.270. The Labute approximate surface area is 174 Å². The van der Waals surface area contributed by atoms with Crippen molar-refractivity contribution in [2.75, 3.05) is 7.11 Å². The summed E-state index contributed by atoms with van der Waals surface area (Å²) in [6.07, 6.45) is 0. The van der Waals surface area contributed by atoms with E-state index in [1.54, 1.807) is 31.4 Å². The number of methoxy groups -OCH3 is 1. The van der Waals surface area contributed by atoms with E-state index in [0.29, 0.717) is 40.2 Å². The Morgan fingerprint density at radius 1 is 1.04 bits per heavy atom. The zero-order valence-corrected chi connectivity index (χ0v) is 16.8. The van der Waals surface area contributed by atoms with Crippen LogP contribution < -0.4 is 14.8 Å². The standard InChI is InChI=1S/C22H19ClFNO2S/c1-26-20-12-17(22(28)25-13-15-7-9-18(24)10-8-15)11-19(23)21(20)27-14-16-5-3-2-4-6-16/h2-12H,13-14H2,1H3,(H,25,28). The summed E-state index contributed by atoms with van der Waals surface area (Å²) in [6.45, 7) is 0.856. The highest BCUT2D eigenvalue weighted by molar-refractivity contribution is 7.80. The lowest BCUT2D eigenvalue weighted by atomic mass is 10.1. The van der Waals surface area contributed by atoms with Gasteiger partial charge in [-0.3, -0.25) is 0 Å². The van der Waals surface area contributed by atoms with Gasteiger partial charge in [-0.1, -0.05) is 66.3 Å². The lowest BCUT2D eigenvalue weighted by Crippen LogP contribution is -2.21. The summed E-state index contributed by atoms with van der Waals surface area (Å²) in [6, 6.07) is 19.6. The molecule has 6 heteroatoms. The summed E-state index contributed by atoms with van der Waals surface area (Å²) < 4.78 is 24.3. The fourth-order valence-electron chi connectivity index (χ4n) is 2.61. The Kier molecular flexibility index (Phi) is 6.85. The van der Waals surface area contributed by atoms with Crippen LogP contribution in [0, 0.1) is 5.82 Å². The number of thiocarbonyl (C=S) groups is 1. The van der Waals surface area contributed by atoms with Crippen LogP contribution in [0.1, 0.15) is 16.7 Å². The van der Waals surface area contributed by atoms with Crippen molar-refractivity contribution in [3.8, 4) is 11.5 Å². The molecule has 0 spiro atoms. The fourth-order valence-corrected chi connectivity index (χ4v) is 3.06. The molecule has 0 aliphatic rings. The van der Waals surface area contributed by atoms with Crippen LogP contribution in [0.15, 0.2) is 66.7 Å². The van der Waals surface area contributed by atoms with Crippen LogP contribution in [0.3, 0.4) is 0 Å². The minimum atomic E-state index is -0.270. The second-order valence-electron chi connectivity index (χ2n) is 6.07. The molecule has 0 atom stereocenters. The highest BCUT2D eigenvalue weighted by atomic mass is 35.5. The first kappa shape index (κ1) is 20.1. The van der Waals surface area contributed by atoms with Gasteiger partial charge in [0.2, 0.25) is 0 Å². The summed E-state index contributed by atoms with van der Waals surface area (Å²) in [7, 11) is 1.56. The second-order valence-corrected chi connectivity index (χ2v) is 6.89. The van der Waals surface area contributed by atoms with Crippen molar-refractivity contribution < 1.29 is 13.9 Å². The average Bonchev–Trinajstić information content (AvgIpc) is 2.72. The van der Waals surface area contributed by atoms with Crippen molar-refractivity contribution in [3.05, 3.63) is 94.3 Å². The SMILES string of the molecule is COc1cc(C(=S)NCc2ccc(F)cc2)cc(Cl)c1OCc1ccccc1. The van der Waals surface area contributed by atoms with Gasteiger partial charge in [-0.2, -0.15) is 0 Å². The number of benzene rings is 3. The van der Waals surface area contributed by atoms with E-state index in [1.807, 2.05) is 30.3 Å². The van der Waals surface area contributed by atoms with E-state index in [0.717, 1.165) is 11.1 Å². The van der Waals surface area contributed by atoms with E-state index in [4.69, 9.17) is 33.3 Å². The van der Waals surface area contributed by atoms with Gasteiger partial charge in [0.15, 0.2) is 11.5 Å². The van der Waals surface area contributed by atoms with Gasteiger partial charge in [0.25, 0.3) is 0 Å². The minimum Gasteiger partial charge on any atom is -0.493 e. The first-order valence-corrected chi connectivity index (χ1v) is 9.42. The van der Waals surface area contributed by atoms with Crippen LogP contribution in [0.25, 0.3) is 0 Å². The summed E-state index contributed by atoms with van der Waals surface area (Å²) in [5.41, 5.74) is 2.66. The van der Waals surface area contributed by atoms with E-state index in [2.05, 4.69) is 5.32 Å². The lowest BCUT2D eigenvalue weighted by Gasteiger charge is -2.15. The summed E-state index contributed by atoms with van der Waals surface area (Å²) >= 11 is 11.9. The molecule has 0 unspecified atom stereocenters. The molecule has 0 aromatic heterocycles. The van der Waals surface area contributed by atoms with Gasteiger partial charge < -0.3 is 14.8 Å². The molecule has 3 aromatic rings. The Hall–Kier alpha value is -2.63. The third-order valence-electron chi connectivity index (χ3n) is 4.08. The molecular weight excluding hydrogens is 397 g/mol. The molecule has 0 radical (unpaired) electrons. The summed E-state index contributed by atoms with van der Waals surface area (Å²) in [5, 5.41) is 3.56. The molecule has 0 bridgehead atoms. The van der Waals surface area contributed by atoms with Crippen molar-refractivity contribution in [2.45, 2.75) is 13.2 Å². The Bertz CT molecular complexity index is 949.